The molecule has 1 N–H and O–H groups in total. The first-order valence-electron chi connectivity index (χ1n) is 8.57. The van der Waals surface area contributed by atoms with Gasteiger partial charge in [0.2, 0.25) is 0 Å². The fourth-order valence-electron chi connectivity index (χ4n) is 4.34. The molecule has 0 spiro atoms. The number of piperidine rings is 1. The molecule has 0 amide bonds. The summed E-state index contributed by atoms with van der Waals surface area (Å²) in [5.41, 5.74) is 1.60. The van der Waals surface area contributed by atoms with Crippen molar-refractivity contribution >= 4 is 11.8 Å². The third kappa shape index (κ3) is 3.01. The van der Waals surface area contributed by atoms with Crippen LogP contribution in [0.2, 0.25) is 0 Å². The molecule has 21 heavy (non-hydrogen) atoms. The van der Waals surface area contributed by atoms with E-state index in [0.717, 1.165) is 17.9 Å². The Morgan fingerprint density at radius 1 is 1.14 bits per heavy atom. The fourth-order valence-corrected chi connectivity index (χ4v) is 5.59. The lowest BCUT2D eigenvalue weighted by atomic mass is 9.88. The summed E-state index contributed by atoms with van der Waals surface area (Å²) in [4.78, 5) is 4.24. The molecule has 3 heterocycles. The molecule has 2 fully saturated rings. The Bertz CT molecular complexity index is 476. The lowest BCUT2D eigenvalue weighted by Gasteiger charge is -2.36. The van der Waals surface area contributed by atoms with Gasteiger partial charge in [0.15, 0.2) is 0 Å². The number of hydrogen-bond donors (Lipinski definition) is 1. The van der Waals surface area contributed by atoms with Crippen molar-refractivity contribution in [1.82, 2.24) is 10.2 Å². The Labute approximate surface area is 132 Å². The molecule has 114 valence electrons. The van der Waals surface area contributed by atoms with Gasteiger partial charge in [-0.1, -0.05) is 18.2 Å². The average molecular weight is 302 g/mol. The van der Waals surface area contributed by atoms with Gasteiger partial charge in [-0.05, 0) is 62.9 Å². The highest BCUT2D eigenvalue weighted by molar-refractivity contribution is 7.99. The van der Waals surface area contributed by atoms with Crippen LogP contribution in [0, 0.1) is 5.92 Å². The lowest BCUT2D eigenvalue weighted by Crippen LogP contribution is -2.42. The standard InChI is InChI=1S/C18H26N2S/c1-2-6-18-16(4-1)15(13-21-18)12-20-10-7-14(8-11-20)17-5-3-9-19-17/h1-2,4,6,14-15,17,19H,3,5,7-13H2. The summed E-state index contributed by atoms with van der Waals surface area (Å²) in [6, 6.07) is 9.84. The highest BCUT2D eigenvalue weighted by Crippen LogP contribution is 2.40. The molecule has 2 unspecified atom stereocenters. The first-order chi connectivity index (χ1) is 10.4. The van der Waals surface area contributed by atoms with Gasteiger partial charge in [0.1, 0.15) is 0 Å². The maximum absolute atomic E-state index is 3.71. The SMILES string of the molecule is c1ccc2c(c1)SCC2CN1CCC(C2CCCN2)CC1. The molecule has 0 bridgehead atoms. The van der Waals surface area contributed by atoms with Gasteiger partial charge in [0.05, 0.1) is 0 Å². The second-order valence-corrected chi connectivity index (χ2v) is 7.95. The molecule has 0 aromatic heterocycles. The Morgan fingerprint density at radius 2 is 2.00 bits per heavy atom. The molecule has 3 heteroatoms. The summed E-state index contributed by atoms with van der Waals surface area (Å²) in [6.07, 6.45) is 5.61. The number of fused-ring (bicyclic) bond motifs is 1. The number of nitrogens with zero attached hydrogens (tertiary/aromatic N) is 1. The summed E-state index contributed by atoms with van der Waals surface area (Å²) in [5.74, 6) is 2.98. The van der Waals surface area contributed by atoms with Crippen LogP contribution in [0.1, 0.15) is 37.2 Å². The van der Waals surface area contributed by atoms with E-state index in [1.54, 1.807) is 5.56 Å². The van der Waals surface area contributed by atoms with E-state index in [0.29, 0.717) is 0 Å². The van der Waals surface area contributed by atoms with Crippen molar-refractivity contribution in [2.45, 2.75) is 42.5 Å². The third-order valence-electron chi connectivity index (χ3n) is 5.58. The minimum absolute atomic E-state index is 0.757. The predicted octanol–water partition coefficient (Wildman–Crippen LogP) is 3.34. The van der Waals surface area contributed by atoms with E-state index >= 15 is 0 Å². The Morgan fingerprint density at radius 3 is 2.81 bits per heavy atom. The van der Waals surface area contributed by atoms with E-state index in [1.807, 2.05) is 11.8 Å². The Hall–Kier alpha value is -0.510. The van der Waals surface area contributed by atoms with Gasteiger partial charge in [-0.3, -0.25) is 0 Å². The van der Waals surface area contributed by atoms with Gasteiger partial charge in [-0.15, -0.1) is 11.8 Å². The van der Waals surface area contributed by atoms with Crippen molar-refractivity contribution in [2.75, 3.05) is 31.9 Å². The quantitative estimate of drug-likeness (QED) is 0.922. The van der Waals surface area contributed by atoms with Gasteiger partial charge in [0, 0.05) is 29.2 Å². The van der Waals surface area contributed by atoms with Crippen LogP contribution in [-0.4, -0.2) is 42.9 Å². The maximum Gasteiger partial charge on any atom is 0.0108 e. The fraction of sp³-hybridized carbons (Fsp3) is 0.667. The highest BCUT2D eigenvalue weighted by atomic mass is 32.2. The summed E-state index contributed by atoms with van der Waals surface area (Å²) < 4.78 is 0. The Balaban J connectivity index is 1.31. The van der Waals surface area contributed by atoms with Gasteiger partial charge in [0.25, 0.3) is 0 Å². The van der Waals surface area contributed by atoms with Crippen LogP contribution >= 0.6 is 11.8 Å². The van der Waals surface area contributed by atoms with Gasteiger partial charge >= 0.3 is 0 Å². The van der Waals surface area contributed by atoms with E-state index in [2.05, 4.69) is 34.5 Å². The van der Waals surface area contributed by atoms with E-state index in [9.17, 15) is 0 Å². The van der Waals surface area contributed by atoms with E-state index in [4.69, 9.17) is 0 Å². The van der Waals surface area contributed by atoms with Crippen LogP contribution < -0.4 is 5.32 Å². The molecule has 0 aliphatic carbocycles. The number of hydrogen-bond acceptors (Lipinski definition) is 3. The number of likely N-dealkylation sites (tertiary alicyclic amines) is 1. The maximum atomic E-state index is 3.71. The zero-order chi connectivity index (χ0) is 14.1. The van der Waals surface area contributed by atoms with Gasteiger partial charge in [-0.2, -0.15) is 0 Å². The van der Waals surface area contributed by atoms with Crippen molar-refractivity contribution in [3.63, 3.8) is 0 Å². The van der Waals surface area contributed by atoms with Crippen LogP contribution in [0.3, 0.4) is 0 Å². The molecule has 0 saturated carbocycles. The summed E-state index contributed by atoms with van der Waals surface area (Å²) in [5, 5.41) is 3.71. The number of rotatable bonds is 3. The predicted molar refractivity (Wildman–Crippen MR) is 90.1 cm³/mol. The zero-order valence-electron chi connectivity index (χ0n) is 12.8. The molecule has 3 aliphatic heterocycles. The summed E-state index contributed by atoms with van der Waals surface area (Å²) in [7, 11) is 0. The Kier molecular flexibility index (Phi) is 4.24. The topological polar surface area (TPSA) is 15.3 Å². The molecule has 2 atom stereocenters. The summed E-state index contributed by atoms with van der Waals surface area (Å²) in [6.45, 7) is 5.15. The van der Waals surface area contributed by atoms with E-state index in [1.165, 1.54) is 62.5 Å². The molecular weight excluding hydrogens is 276 g/mol. The normalized spacial score (nSPS) is 30.7. The zero-order valence-corrected chi connectivity index (χ0v) is 13.6. The second-order valence-electron chi connectivity index (χ2n) is 6.89. The van der Waals surface area contributed by atoms with Crippen molar-refractivity contribution in [3.8, 4) is 0 Å². The molecule has 3 aliphatic rings. The largest absolute Gasteiger partial charge is 0.314 e. The second kappa shape index (κ2) is 6.31. The third-order valence-corrected chi connectivity index (χ3v) is 6.83. The number of nitrogens with one attached hydrogen (secondary N) is 1. The van der Waals surface area contributed by atoms with Crippen LogP contribution in [0.15, 0.2) is 29.2 Å². The molecule has 0 radical (unpaired) electrons. The molecular formula is C18H26N2S. The number of thioether (sulfide) groups is 1. The van der Waals surface area contributed by atoms with E-state index in [-0.39, 0.29) is 0 Å². The molecule has 2 nitrogen and oxygen atoms in total. The molecule has 4 rings (SSSR count). The van der Waals surface area contributed by atoms with Gasteiger partial charge in [-0.25, -0.2) is 0 Å². The first kappa shape index (κ1) is 14.1. The summed E-state index contributed by atoms with van der Waals surface area (Å²) >= 11 is 2.05. The van der Waals surface area contributed by atoms with Crippen LogP contribution in [0.4, 0.5) is 0 Å². The monoisotopic (exact) mass is 302 g/mol. The van der Waals surface area contributed by atoms with Crippen LogP contribution in [0.25, 0.3) is 0 Å². The first-order valence-corrected chi connectivity index (χ1v) is 9.56. The van der Waals surface area contributed by atoms with Crippen molar-refractivity contribution in [2.24, 2.45) is 5.92 Å². The minimum Gasteiger partial charge on any atom is -0.314 e. The van der Waals surface area contributed by atoms with Crippen LogP contribution in [0.5, 0.6) is 0 Å². The molecule has 2 saturated heterocycles. The van der Waals surface area contributed by atoms with E-state index < -0.39 is 0 Å². The molecule has 1 aromatic carbocycles. The van der Waals surface area contributed by atoms with Crippen molar-refractivity contribution in [1.29, 1.82) is 0 Å². The van der Waals surface area contributed by atoms with Crippen molar-refractivity contribution in [3.05, 3.63) is 29.8 Å². The van der Waals surface area contributed by atoms with Crippen LogP contribution in [-0.2, 0) is 0 Å². The van der Waals surface area contributed by atoms with Gasteiger partial charge < -0.3 is 10.2 Å². The number of benzene rings is 1. The highest BCUT2D eigenvalue weighted by Gasteiger charge is 2.30. The smallest absolute Gasteiger partial charge is 0.0108 e. The minimum atomic E-state index is 0.757. The lowest BCUT2D eigenvalue weighted by molar-refractivity contribution is 0.158. The van der Waals surface area contributed by atoms with Crippen molar-refractivity contribution < 1.29 is 0 Å². The molecule has 1 aromatic rings. The average Bonchev–Trinajstić information content (AvgIpc) is 3.19.